The highest BCUT2D eigenvalue weighted by molar-refractivity contribution is 7.99. The molecule has 1 N–H and O–H groups in total. The van der Waals surface area contributed by atoms with Gasteiger partial charge in [-0.25, -0.2) is 9.67 Å². The molecule has 16 heavy (non-hydrogen) atoms. The van der Waals surface area contributed by atoms with Crippen LogP contribution in [0.3, 0.4) is 0 Å². The van der Waals surface area contributed by atoms with Crippen LogP contribution in [0.4, 0.5) is 13.2 Å². The predicted molar refractivity (Wildman–Crippen MR) is 50.8 cm³/mol. The minimum atomic E-state index is -4.38. The molecule has 1 aromatic heterocycles. The van der Waals surface area contributed by atoms with Crippen LogP contribution >= 0.6 is 11.8 Å². The van der Waals surface area contributed by atoms with Crippen LogP contribution in [-0.4, -0.2) is 39.1 Å². The van der Waals surface area contributed by atoms with Crippen molar-refractivity contribution in [1.82, 2.24) is 20.1 Å². The molecule has 0 aliphatic rings. The third-order valence-corrected chi connectivity index (χ3v) is 2.52. The van der Waals surface area contributed by atoms with Gasteiger partial charge in [0, 0.05) is 7.05 Å². The molecule has 0 aliphatic heterocycles. The molecular formula is C7H9F3N4OS. The lowest BCUT2D eigenvalue weighted by Gasteiger charge is -2.07. The Balaban J connectivity index is 2.29. The molecule has 0 saturated heterocycles. The number of thioether (sulfide) groups is 1. The standard InChI is InChI=1S/C7H9F3N4OS/c1-14-6(12-4-13-14)16-2-5(15)11-3-7(8,9)10/h4H,2-3H2,1H3,(H,11,15). The van der Waals surface area contributed by atoms with E-state index in [9.17, 15) is 18.0 Å². The summed E-state index contributed by atoms with van der Waals surface area (Å²) in [5.41, 5.74) is 0. The summed E-state index contributed by atoms with van der Waals surface area (Å²) in [6.07, 6.45) is -3.08. The summed E-state index contributed by atoms with van der Waals surface area (Å²) in [5.74, 6) is -0.812. The number of hydrogen-bond acceptors (Lipinski definition) is 4. The van der Waals surface area contributed by atoms with Crippen molar-refractivity contribution < 1.29 is 18.0 Å². The third-order valence-electron chi connectivity index (χ3n) is 1.49. The highest BCUT2D eigenvalue weighted by Crippen LogP contribution is 2.14. The lowest BCUT2D eigenvalue weighted by atomic mass is 10.6. The van der Waals surface area contributed by atoms with Crippen LogP contribution < -0.4 is 5.32 Å². The van der Waals surface area contributed by atoms with E-state index in [-0.39, 0.29) is 5.75 Å². The van der Waals surface area contributed by atoms with E-state index in [1.54, 1.807) is 12.4 Å². The maximum atomic E-state index is 11.7. The summed E-state index contributed by atoms with van der Waals surface area (Å²) in [5, 5.41) is 5.99. The van der Waals surface area contributed by atoms with Gasteiger partial charge in [0.25, 0.3) is 0 Å². The van der Waals surface area contributed by atoms with Crippen LogP contribution in [0.2, 0.25) is 0 Å². The summed E-state index contributed by atoms with van der Waals surface area (Å²) < 4.78 is 36.7. The summed E-state index contributed by atoms with van der Waals surface area (Å²) in [7, 11) is 1.63. The van der Waals surface area contributed by atoms with Gasteiger partial charge in [-0.1, -0.05) is 11.8 Å². The molecule has 90 valence electrons. The first-order chi connectivity index (χ1) is 7.38. The molecule has 0 saturated carbocycles. The van der Waals surface area contributed by atoms with Gasteiger partial charge in [-0.05, 0) is 0 Å². The molecule has 0 unspecified atom stereocenters. The maximum absolute atomic E-state index is 11.7. The first-order valence-corrected chi connectivity index (χ1v) is 5.17. The molecule has 0 bridgehead atoms. The molecule has 1 amide bonds. The Hall–Kier alpha value is -1.25. The highest BCUT2D eigenvalue weighted by Gasteiger charge is 2.27. The van der Waals surface area contributed by atoms with Gasteiger partial charge in [-0.2, -0.15) is 18.3 Å². The summed E-state index contributed by atoms with van der Waals surface area (Å²) in [4.78, 5) is 14.8. The fourth-order valence-electron chi connectivity index (χ4n) is 0.796. The Kier molecular flexibility index (Phi) is 4.16. The second-order valence-corrected chi connectivity index (χ2v) is 3.79. The number of nitrogens with zero attached hydrogens (tertiary/aromatic N) is 3. The maximum Gasteiger partial charge on any atom is 0.405 e. The van der Waals surface area contributed by atoms with E-state index < -0.39 is 18.6 Å². The summed E-state index contributed by atoms with van der Waals surface area (Å²) >= 11 is 1.02. The predicted octanol–water partition coefficient (Wildman–Crippen LogP) is 0.586. The number of aryl methyl sites for hydroxylation is 1. The van der Waals surface area contributed by atoms with Crippen molar-refractivity contribution in [3.05, 3.63) is 6.33 Å². The number of halogens is 3. The minimum absolute atomic E-state index is 0.122. The van der Waals surface area contributed by atoms with E-state index >= 15 is 0 Å². The molecule has 0 radical (unpaired) electrons. The normalized spacial score (nSPS) is 11.5. The Labute approximate surface area is 93.4 Å². The van der Waals surface area contributed by atoms with E-state index in [4.69, 9.17) is 0 Å². The summed E-state index contributed by atoms with van der Waals surface area (Å²) in [6.45, 7) is -1.31. The van der Waals surface area contributed by atoms with Crippen molar-refractivity contribution in [2.75, 3.05) is 12.3 Å². The molecule has 9 heteroatoms. The zero-order valence-electron chi connectivity index (χ0n) is 8.28. The lowest BCUT2D eigenvalue weighted by Crippen LogP contribution is -2.34. The fraction of sp³-hybridized carbons (Fsp3) is 0.571. The topological polar surface area (TPSA) is 59.8 Å². The zero-order chi connectivity index (χ0) is 12.2. The molecule has 1 heterocycles. The van der Waals surface area contributed by atoms with E-state index in [1.807, 2.05) is 0 Å². The van der Waals surface area contributed by atoms with Crippen molar-refractivity contribution >= 4 is 17.7 Å². The van der Waals surface area contributed by atoms with Crippen LogP contribution in [0.15, 0.2) is 11.5 Å². The van der Waals surface area contributed by atoms with Gasteiger partial charge in [-0.3, -0.25) is 4.79 Å². The molecular weight excluding hydrogens is 245 g/mol. The van der Waals surface area contributed by atoms with E-state index in [2.05, 4.69) is 10.1 Å². The smallest absolute Gasteiger partial charge is 0.346 e. The fourth-order valence-corrected chi connectivity index (χ4v) is 1.51. The number of carbonyl (C=O) groups excluding carboxylic acids is 1. The summed E-state index contributed by atoms with van der Waals surface area (Å²) in [6, 6.07) is 0. The van der Waals surface area contributed by atoms with Gasteiger partial charge < -0.3 is 5.32 Å². The van der Waals surface area contributed by atoms with Crippen LogP contribution in [0, 0.1) is 0 Å². The number of amides is 1. The second kappa shape index (κ2) is 5.19. The average Bonchev–Trinajstić information content (AvgIpc) is 2.57. The number of alkyl halides is 3. The molecule has 5 nitrogen and oxygen atoms in total. The largest absolute Gasteiger partial charge is 0.405 e. The van der Waals surface area contributed by atoms with Crippen LogP contribution in [0.1, 0.15) is 0 Å². The molecule has 0 aliphatic carbocycles. The van der Waals surface area contributed by atoms with E-state index in [0.717, 1.165) is 11.8 Å². The highest BCUT2D eigenvalue weighted by atomic mass is 32.2. The zero-order valence-corrected chi connectivity index (χ0v) is 9.10. The number of nitrogens with one attached hydrogen (secondary N) is 1. The Morgan fingerprint density at radius 1 is 1.62 bits per heavy atom. The first kappa shape index (κ1) is 12.8. The van der Waals surface area contributed by atoms with Crippen LogP contribution in [0.25, 0.3) is 0 Å². The Morgan fingerprint density at radius 3 is 2.81 bits per heavy atom. The van der Waals surface area contributed by atoms with Gasteiger partial charge in [-0.15, -0.1) is 0 Å². The van der Waals surface area contributed by atoms with Crippen molar-refractivity contribution in [3.63, 3.8) is 0 Å². The molecule has 0 fully saturated rings. The molecule has 0 aromatic carbocycles. The average molecular weight is 254 g/mol. The number of carbonyl (C=O) groups is 1. The van der Waals surface area contributed by atoms with Gasteiger partial charge >= 0.3 is 6.18 Å². The quantitative estimate of drug-likeness (QED) is 0.799. The SMILES string of the molecule is Cn1ncnc1SCC(=O)NCC(F)(F)F. The van der Waals surface area contributed by atoms with E-state index in [0.29, 0.717) is 5.16 Å². The molecule has 1 rings (SSSR count). The van der Waals surface area contributed by atoms with Crippen molar-refractivity contribution in [2.24, 2.45) is 7.05 Å². The molecule has 0 atom stereocenters. The van der Waals surface area contributed by atoms with E-state index in [1.165, 1.54) is 11.0 Å². The first-order valence-electron chi connectivity index (χ1n) is 4.19. The van der Waals surface area contributed by atoms with Crippen LogP contribution in [-0.2, 0) is 11.8 Å². The van der Waals surface area contributed by atoms with Crippen molar-refractivity contribution in [3.8, 4) is 0 Å². The Morgan fingerprint density at radius 2 is 2.31 bits per heavy atom. The lowest BCUT2D eigenvalue weighted by molar-refractivity contribution is -0.136. The minimum Gasteiger partial charge on any atom is -0.346 e. The van der Waals surface area contributed by atoms with Crippen molar-refractivity contribution in [2.45, 2.75) is 11.3 Å². The number of hydrogen-bond donors (Lipinski definition) is 1. The third kappa shape index (κ3) is 4.51. The Bertz CT molecular complexity index is 365. The van der Waals surface area contributed by atoms with Gasteiger partial charge in [0.2, 0.25) is 5.91 Å². The molecule has 0 spiro atoms. The number of aromatic nitrogens is 3. The number of rotatable bonds is 4. The van der Waals surface area contributed by atoms with Gasteiger partial charge in [0.05, 0.1) is 5.75 Å². The monoisotopic (exact) mass is 254 g/mol. The van der Waals surface area contributed by atoms with Gasteiger partial charge in [0.1, 0.15) is 12.9 Å². The molecule has 1 aromatic rings. The second-order valence-electron chi connectivity index (χ2n) is 2.85. The van der Waals surface area contributed by atoms with Crippen molar-refractivity contribution in [1.29, 1.82) is 0 Å². The van der Waals surface area contributed by atoms with Crippen LogP contribution in [0.5, 0.6) is 0 Å². The van der Waals surface area contributed by atoms with Gasteiger partial charge in [0.15, 0.2) is 5.16 Å².